The van der Waals surface area contributed by atoms with E-state index in [1.807, 2.05) is 84.9 Å². The highest BCUT2D eigenvalue weighted by Gasteiger charge is 2.43. The number of alkyl carbamates (subject to hydrolysis) is 1. The molecule has 0 radical (unpaired) electrons. The van der Waals surface area contributed by atoms with Crippen LogP contribution in [0.5, 0.6) is 0 Å². The molecule has 1 atom stereocenters. The Balaban J connectivity index is 1.44. The quantitative estimate of drug-likeness (QED) is 0.212. The summed E-state index contributed by atoms with van der Waals surface area (Å²) in [5.41, 5.74) is 1.79. The summed E-state index contributed by atoms with van der Waals surface area (Å²) in [6.45, 7) is 4.72. The number of hydrogen-bond acceptors (Lipinski definition) is 6. The first kappa shape index (κ1) is 27.3. The lowest BCUT2D eigenvalue weighted by atomic mass is 9.83. The molecule has 0 fully saturated rings. The summed E-state index contributed by atoms with van der Waals surface area (Å²) in [5, 5.41) is 13.9. The molecule has 0 aromatic heterocycles. The second-order valence-electron chi connectivity index (χ2n) is 9.59. The molecule has 1 unspecified atom stereocenters. The molecule has 198 valence electrons. The van der Waals surface area contributed by atoms with E-state index in [9.17, 15) is 14.7 Å². The normalized spacial score (nSPS) is 17.3. The van der Waals surface area contributed by atoms with E-state index in [-0.39, 0.29) is 29.6 Å². The molecule has 1 heterocycles. The fourth-order valence-electron chi connectivity index (χ4n) is 4.51. The molecule has 3 aromatic rings. The zero-order valence-electron chi connectivity index (χ0n) is 21.7. The molecule has 1 aliphatic rings. The second kappa shape index (κ2) is 12.7. The topological polar surface area (TPSA) is 84.9 Å². The number of amides is 1. The standard InChI is InChI=1S/C31H33NO5S/c1-22(2)25-16-9-10-17-27(25)38-28-26(33)20-31(37-29(28)34,24-14-7-4-8-15-24)18-11-19-32-30(35)36-21-23-12-5-3-6-13-23/h3-10,12-17,22,33H,11,18-21H2,1-2H3,(H,32,35). The average molecular weight is 532 g/mol. The molecule has 0 saturated carbocycles. The van der Waals surface area contributed by atoms with Crippen molar-refractivity contribution < 1.29 is 24.2 Å². The van der Waals surface area contributed by atoms with Crippen molar-refractivity contribution in [2.75, 3.05) is 6.54 Å². The smallest absolute Gasteiger partial charge is 0.407 e. The Morgan fingerprint density at radius 2 is 1.68 bits per heavy atom. The van der Waals surface area contributed by atoms with Gasteiger partial charge in [-0.05, 0) is 41.5 Å². The molecule has 7 heteroatoms. The number of nitrogens with one attached hydrogen (secondary N) is 1. The number of thioether (sulfide) groups is 1. The number of carbonyl (C=O) groups is 2. The van der Waals surface area contributed by atoms with E-state index in [4.69, 9.17) is 9.47 Å². The van der Waals surface area contributed by atoms with Crippen LogP contribution >= 0.6 is 11.8 Å². The molecular weight excluding hydrogens is 498 g/mol. The van der Waals surface area contributed by atoms with E-state index in [2.05, 4.69) is 19.2 Å². The predicted molar refractivity (Wildman–Crippen MR) is 149 cm³/mol. The highest BCUT2D eigenvalue weighted by atomic mass is 32.2. The van der Waals surface area contributed by atoms with Gasteiger partial charge in [-0.1, -0.05) is 104 Å². The van der Waals surface area contributed by atoms with Crippen LogP contribution in [-0.4, -0.2) is 23.7 Å². The Bertz CT molecular complexity index is 1280. The lowest BCUT2D eigenvalue weighted by Crippen LogP contribution is -2.38. The van der Waals surface area contributed by atoms with Crippen LogP contribution in [0.1, 0.15) is 55.7 Å². The maximum atomic E-state index is 13.3. The van der Waals surface area contributed by atoms with Gasteiger partial charge in [0.15, 0.2) is 0 Å². The molecule has 1 amide bonds. The number of aliphatic hydroxyl groups excluding tert-OH is 1. The molecule has 0 saturated heterocycles. The third-order valence-electron chi connectivity index (χ3n) is 6.48. The maximum absolute atomic E-state index is 13.3. The van der Waals surface area contributed by atoms with Crippen molar-refractivity contribution in [3.63, 3.8) is 0 Å². The van der Waals surface area contributed by atoms with Gasteiger partial charge in [-0.3, -0.25) is 0 Å². The second-order valence-corrected chi connectivity index (χ2v) is 10.6. The Morgan fingerprint density at radius 1 is 1.03 bits per heavy atom. The molecule has 0 spiro atoms. The summed E-state index contributed by atoms with van der Waals surface area (Å²) < 4.78 is 11.4. The molecule has 3 aromatic carbocycles. The van der Waals surface area contributed by atoms with Crippen LogP contribution in [0, 0.1) is 0 Å². The minimum absolute atomic E-state index is 0.0175. The van der Waals surface area contributed by atoms with Gasteiger partial charge >= 0.3 is 12.1 Å². The van der Waals surface area contributed by atoms with Gasteiger partial charge in [-0.2, -0.15) is 0 Å². The van der Waals surface area contributed by atoms with E-state index < -0.39 is 17.7 Å². The SMILES string of the molecule is CC(C)c1ccccc1SC1=C(O)CC(CCCNC(=O)OCc2ccccc2)(c2ccccc2)OC1=O. The number of hydrogen-bond donors (Lipinski definition) is 2. The Morgan fingerprint density at radius 3 is 2.37 bits per heavy atom. The van der Waals surface area contributed by atoms with E-state index >= 15 is 0 Å². The van der Waals surface area contributed by atoms with Crippen LogP contribution in [0.3, 0.4) is 0 Å². The van der Waals surface area contributed by atoms with Gasteiger partial charge < -0.3 is 19.9 Å². The number of cyclic esters (lactones) is 1. The summed E-state index contributed by atoms with van der Waals surface area (Å²) in [6.07, 6.45) is 0.599. The minimum Gasteiger partial charge on any atom is -0.511 e. The summed E-state index contributed by atoms with van der Waals surface area (Å²) >= 11 is 1.25. The number of ether oxygens (including phenoxy) is 2. The van der Waals surface area contributed by atoms with Crippen molar-refractivity contribution in [1.82, 2.24) is 5.32 Å². The third-order valence-corrected chi connectivity index (χ3v) is 7.68. The van der Waals surface area contributed by atoms with Gasteiger partial charge in [-0.15, -0.1) is 0 Å². The van der Waals surface area contributed by atoms with Crippen LogP contribution in [0.15, 0.2) is 100 Å². The first-order chi connectivity index (χ1) is 18.4. The van der Waals surface area contributed by atoms with Crippen molar-refractivity contribution in [3.05, 3.63) is 112 Å². The number of esters is 1. The van der Waals surface area contributed by atoms with Crippen molar-refractivity contribution >= 4 is 23.8 Å². The van der Waals surface area contributed by atoms with Crippen LogP contribution in [0.2, 0.25) is 0 Å². The van der Waals surface area contributed by atoms with Crippen LogP contribution in [0.4, 0.5) is 4.79 Å². The third kappa shape index (κ3) is 6.78. The molecule has 4 rings (SSSR count). The van der Waals surface area contributed by atoms with E-state index in [1.54, 1.807) is 0 Å². The molecule has 6 nitrogen and oxygen atoms in total. The fraction of sp³-hybridized carbons (Fsp3) is 0.290. The van der Waals surface area contributed by atoms with Gasteiger partial charge in [0, 0.05) is 11.4 Å². The van der Waals surface area contributed by atoms with Gasteiger partial charge in [0.1, 0.15) is 22.9 Å². The van der Waals surface area contributed by atoms with Crippen molar-refractivity contribution in [1.29, 1.82) is 0 Å². The number of rotatable bonds is 10. The number of carbonyl (C=O) groups excluding carboxylic acids is 2. The molecule has 38 heavy (non-hydrogen) atoms. The minimum atomic E-state index is -1.03. The molecule has 2 N–H and O–H groups in total. The average Bonchev–Trinajstić information content (AvgIpc) is 2.93. The van der Waals surface area contributed by atoms with Crippen LogP contribution in [-0.2, 0) is 26.5 Å². The molecule has 0 aliphatic carbocycles. The molecule has 0 bridgehead atoms. The van der Waals surface area contributed by atoms with Crippen LogP contribution in [0.25, 0.3) is 0 Å². The molecule has 1 aliphatic heterocycles. The maximum Gasteiger partial charge on any atom is 0.407 e. The van der Waals surface area contributed by atoms with E-state index in [0.29, 0.717) is 19.4 Å². The zero-order chi connectivity index (χ0) is 27.0. The Kier molecular flexibility index (Phi) is 9.13. The van der Waals surface area contributed by atoms with Crippen molar-refractivity contribution in [3.8, 4) is 0 Å². The first-order valence-electron chi connectivity index (χ1n) is 12.8. The van der Waals surface area contributed by atoms with Gasteiger partial charge in [0.25, 0.3) is 0 Å². The highest BCUT2D eigenvalue weighted by Crippen LogP contribution is 2.45. The summed E-state index contributed by atoms with van der Waals surface area (Å²) in [7, 11) is 0. The Hall–Kier alpha value is -3.71. The first-order valence-corrected chi connectivity index (χ1v) is 13.6. The lowest BCUT2D eigenvalue weighted by molar-refractivity contribution is -0.160. The molecular formula is C31H33NO5S. The predicted octanol–water partition coefficient (Wildman–Crippen LogP) is 7.22. The van der Waals surface area contributed by atoms with Gasteiger partial charge in [0.05, 0.1) is 6.42 Å². The summed E-state index contributed by atoms with van der Waals surface area (Å²) in [6, 6.07) is 26.8. The Labute approximate surface area is 228 Å². The highest BCUT2D eigenvalue weighted by molar-refractivity contribution is 8.04. The number of benzene rings is 3. The van der Waals surface area contributed by atoms with Gasteiger partial charge in [-0.25, -0.2) is 9.59 Å². The van der Waals surface area contributed by atoms with Crippen LogP contribution < -0.4 is 5.32 Å². The zero-order valence-corrected chi connectivity index (χ0v) is 22.5. The van der Waals surface area contributed by atoms with E-state index in [0.717, 1.165) is 21.6 Å². The van der Waals surface area contributed by atoms with Crippen molar-refractivity contribution in [2.45, 2.75) is 56.1 Å². The lowest BCUT2D eigenvalue weighted by Gasteiger charge is -2.37. The fourth-order valence-corrected chi connectivity index (χ4v) is 5.62. The summed E-state index contributed by atoms with van der Waals surface area (Å²) in [4.78, 5) is 26.6. The monoisotopic (exact) mass is 531 g/mol. The number of aliphatic hydroxyl groups is 1. The van der Waals surface area contributed by atoms with Gasteiger partial charge in [0.2, 0.25) is 0 Å². The summed E-state index contributed by atoms with van der Waals surface area (Å²) in [5.74, 6) is -0.253. The van der Waals surface area contributed by atoms with E-state index in [1.165, 1.54) is 11.8 Å². The van der Waals surface area contributed by atoms with Crippen molar-refractivity contribution in [2.24, 2.45) is 0 Å². The largest absolute Gasteiger partial charge is 0.511 e.